The third-order valence-electron chi connectivity index (χ3n) is 4.35. The molecule has 0 atom stereocenters. The zero-order valence-corrected chi connectivity index (χ0v) is 17.7. The maximum atomic E-state index is 12.7. The van der Waals surface area contributed by atoms with E-state index in [-0.39, 0.29) is 22.8 Å². The highest BCUT2D eigenvalue weighted by atomic mass is 79.9. The van der Waals surface area contributed by atoms with Gasteiger partial charge in [-0.15, -0.1) is 0 Å². The third kappa shape index (κ3) is 6.04. The van der Waals surface area contributed by atoms with E-state index in [1.807, 2.05) is 13.8 Å². The number of ether oxygens (including phenoxy) is 1. The summed E-state index contributed by atoms with van der Waals surface area (Å²) in [6.07, 6.45) is 2.07. The Morgan fingerprint density at radius 3 is 2.46 bits per heavy atom. The van der Waals surface area contributed by atoms with Gasteiger partial charge in [-0.05, 0) is 57.4 Å². The molecule has 1 aromatic carbocycles. The quantitative estimate of drug-likeness (QED) is 0.622. The first-order chi connectivity index (χ1) is 12.3. The van der Waals surface area contributed by atoms with Gasteiger partial charge in [0.2, 0.25) is 15.9 Å². The Hall–Kier alpha value is -0.960. The van der Waals surface area contributed by atoms with Crippen molar-refractivity contribution in [2.24, 2.45) is 5.92 Å². The van der Waals surface area contributed by atoms with Crippen LogP contribution in [0.15, 0.2) is 33.6 Å². The summed E-state index contributed by atoms with van der Waals surface area (Å²) in [6, 6.07) is 6.63. The number of amides is 1. The predicted molar refractivity (Wildman–Crippen MR) is 104 cm³/mol. The molecule has 26 heavy (non-hydrogen) atoms. The Morgan fingerprint density at radius 1 is 1.27 bits per heavy atom. The van der Waals surface area contributed by atoms with Gasteiger partial charge in [-0.2, -0.15) is 4.31 Å². The summed E-state index contributed by atoms with van der Waals surface area (Å²) in [5.41, 5.74) is 0. The zero-order chi connectivity index (χ0) is 19.2. The summed E-state index contributed by atoms with van der Waals surface area (Å²) < 4.78 is 33.1. The second-order valence-electron chi connectivity index (χ2n) is 6.70. The summed E-state index contributed by atoms with van der Waals surface area (Å²) in [4.78, 5) is 12.5. The van der Waals surface area contributed by atoms with Crippen molar-refractivity contribution >= 4 is 31.9 Å². The lowest BCUT2D eigenvalue weighted by Crippen LogP contribution is -2.43. The number of halogens is 1. The number of benzene rings is 1. The molecule has 0 bridgehead atoms. The van der Waals surface area contributed by atoms with Gasteiger partial charge >= 0.3 is 0 Å². The lowest BCUT2D eigenvalue weighted by atomic mass is 9.97. The Balaban J connectivity index is 1.79. The largest absolute Gasteiger partial charge is 0.379 e. The number of carbonyl (C=O) groups is 1. The van der Waals surface area contributed by atoms with Crippen molar-refractivity contribution in [3.05, 3.63) is 28.7 Å². The molecular weight excluding hydrogens is 420 g/mol. The van der Waals surface area contributed by atoms with E-state index in [9.17, 15) is 13.2 Å². The molecule has 0 radical (unpaired) electrons. The van der Waals surface area contributed by atoms with Gasteiger partial charge in [0.1, 0.15) is 0 Å². The highest BCUT2D eigenvalue weighted by Crippen LogP contribution is 2.24. The molecule has 0 spiro atoms. The van der Waals surface area contributed by atoms with Gasteiger partial charge in [-0.1, -0.05) is 15.9 Å². The van der Waals surface area contributed by atoms with E-state index in [2.05, 4.69) is 21.2 Å². The Morgan fingerprint density at radius 2 is 1.88 bits per heavy atom. The van der Waals surface area contributed by atoms with Gasteiger partial charge in [-0.25, -0.2) is 8.42 Å². The van der Waals surface area contributed by atoms with Gasteiger partial charge in [0.05, 0.1) is 11.0 Å². The molecule has 1 fully saturated rings. The van der Waals surface area contributed by atoms with Gasteiger partial charge in [-0.3, -0.25) is 4.79 Å². The molecule has 0 aliphatic carbocycles. The molecule has 1 amide bonds. The van der Waals surface area contributed by atoms with Crippen LogP contribution in [-0.2, 0) is 19.6 Å². The van der Waals surface area contributed by atoms with E-state index in [0.29, 0.717) is 39.1 Å². The highest BCUT2D eigenvalue weighted by Gasteiger charge is 2.31. The number of carbonyl (C=O) groups excluding carboxylic acids is 1. The van der Waals surface area contributed by atoms with Crippen LogP contribution in [0.3, 0.4) is 0 Å². The summed E-state index contributed by atoms with van der Waals surface area (Å²) >= 11 is 3.31. The predicted octanol–water partition coefficient (Wildman–Crippen LogP) is 2.78. The molecule has 2 rings (SSSR count). The summed E-state index contributed by atoms with van der Waals surface area (Å²) in [5.74, 6) is -0.118. The number of hydrogen-bond donors (Lipinski definition) is 1. The van der Waals surface area contributed by atoms with Crippen LogP contribution in [0.25, 0.3) is 0 Å². The molecule has 1 N–H and O–H groups in total. The van der Waals surface area contributed by atoms with E-state index in [4.69, 9.17) is 4.74 Å². The standard InChI is InChI=1S/C18H27BrN2O4S/c1-14(2)25-13-3-10-20-18(22)15-8-11-21(12-9-15)26(23,24)17-6-4-16(19)5-7-17/h4-7,14-15H,3,8-13H2,1-2H3,(H,20,22). The molecule has 0 unspecified atom stereocenters. The van der Waals surface area contributed by atoms with Crippen molar-refractivity contribution < 1.29 is 17.9 Å². The smallest absolute Gasteiger partial charge is 0.243 e. The third-order valence-corrected chi connectivity index (χ3v) is 6.79. The maximum absolute atomic E-state index is 12.7. The molecule has 1 aliphatic heterocycles. The monoisotopic (exact) mass is 446 g/mol. The molecule has 1 saturated heterocycles. The van der Waals surface area contributed by atoms with E-state index in [1.165, 1.54) is 4.31 Å². The average Bonchev–Trinajstić information content (AvgIpc) is 2.61. The van der Waals surface area contributed by atoms with Crippen LogP contribution in [0.4, 0.5) is 0 Å². The number of nitrogens with one attached hydrogen (secondary N) is 1. The molecule has 146 valence electrons. The number of hydrogen-bond acceptors (Lipinski definition) is 4. The van der Waals surface area contributed by atoms with E-state index >= 15 is 0 Å². The molecule has 0 saturated carbocycles. The fourth-order valence-corrected chi connectivity index (χ4v) is 4.60. The second kappa shape index (κ2) is 9.82. The molecule has 0 aromatic heterocycles. The van der Waals surface area contributed by atoms with E-state index in [0.717, 1.165) is 10.9 Å². The van der Waals surface area contributed by atoms with Gasteiger partial charge in [0.15, 0.2) is 0 Å². The van der Waals surface area contributed by atoms with E-state index < -0.39 is 10.0 Å². The molecule has 6 nitrogen and oxygen atoms in total. The van der Waals surface area contributed by atoms with Gasteiger partial charge in [0, 0.05) is 36.6 Å². The van der Waals surface area contributed by atoms with Gasteiger partial charge < -0.3 is 10.1 Å². The average molecular weight is 447 g/mol. The molecular formula is C18H27BrN2O4S. The van der Waals surface area contributed by atoms with Crippen LogP contribution in [0, 0.1) is 5.92 Å². The van der Waals surface area contributed by atoms with Crippen LogP contribution in [0.5, 0.6) is 0 Å². The van der Waals surface area contributed by atoms with Crippen molar-refractivity contribution in [3.8, 4) is 0 Å². The second-order valence-corrected chi connectivity index (χ2v) is 9.55. The first-order valence-corrected chi connectivity index (χ1v) is 11.2. The number of rotatable bonds is 8. The van der Waals surface area contributed by atoms with Crippen molar-refractivity contribution in [1.29, 1.82) is 0 Å². The summed E-state index contributed by atoms with van der Waals surface area (Å²) in [7, 11) is -3.50. The first kappa shape index (κ1) is 21.3. The molecule has 1 aromatic rings. The number of piperidine rings is 1. The Kier molecular flexibility index (Phi) is 8.06. The van der Waals surface area contributed by atoms with Crippen LogP contribution < -0.4 is 5.32 Å². The number of nitrogens with zero attached hydrogens (tertiary/aromatic N) is 1. The SMILES string of the molecule is CC(C)OCCCNC(=O)C1CCN(S(=O)(=O)c2ccc(Br)cc2)CC1. The van der Waals surface area contributed by atoms with Crippen molar-refractivity contribution in [2.45, 2.75) is 44.1 Å². The maximum Gasteiger partial charge on any atom is 0.243 e. The highest BCUT2D eigenvalue weighted by molar-refractivity contribution is 9.10. The fourth-order valence-electron chi connectivity index (χ4n) is 2.86. The Bertz CT molecular complexity index is 684. The topological polar surface area (TPSA) is 75.7 Å². The lowest BCUT2D eigenvalue weighted by Gasteiger charge is -2.30. The minimum atomic E-state index is -3.50. The minimum Gasteiger partial charge on any atom is -0.379 e. The lowest BCUT2D eigenvalue weighted by molar-refractivity contribution is -0.126. The van der Waals surface area contributed by atoms with Crippen molar-refractivity contribution in [1.82, 2.24) is 9.62 Å². The van der Waals surface area contributed by atoms with Crippen LogP contribution in [0.1, 0.15) is 33.1 Å². The van der Waals surface area contributed by atoms with Crippen LogP contribution >= 0.6 is 15.9 Å². The minimum absolute atomic E-state index is 0.00948. The van der Waals surface area contributed by atoms with Crippen molar-refractivity contribution in [3.63, 3.8) is 0 Å². The molecule has 1 aliphatic rings. The molecule has 1 heterocycles. The van der Waals surface area contributed by atoms with E-state index in [1.54, 1.807) is 24.3 Å². The first-order valence-electron chi connectivity index (χ1n) is 8.95. The summed E-state index contributed by atoms with van der Waals surface area (Å²) in [5, 5.41) is 2.93. The normalized spacial score (nSPS) is 16.8. The fraction of sp³-hybridized carbons (Fsp3) is 0.611. The van der Waals surface area contributed by atoms with Crippen LogP contribution in [-0.4, -0.2) is 51.0 Å². The molecule has 8 heteroatoms. The Labute approximate surface area is 164 Å². The number of sulfonamides is 1. The zero-order valence-electron chi connectivity index (χ0n) is 15.3. The van der Waals surface area contributed by atoms with Crippen LogP contribution in [0.2, 0.25) is 0 Å². The van der Waals surface area contributed by atoms with Crippen molar-refractivity contribution in [2.75, 3.05) is 26.2 Å². The van der Waals surface area contributed by atoms with Gasteiger partial charge in [0.25, 0.3) is 0 Å². The summed E-state index contributed by atoms with van der Waals surface area (Å²) in [6.45, 7) is 5.91.